The normalized spacial score (nSPS) is 11.9. The first-order valence-corrected chi connectivity index (χ1v) is 14.8. The van der Waals surface area contributed by atoms with E-state index in [2.05, 4.69) is 158 Å². The molecular formula is C42H26O. The second-order valence-electron chi connectivity index (χ2n) is 11.2. The summed E-state index contributed by atoms with van der Waals surface area (Å²) in [6, 6.07) is 56.7. The van der Waals surface area contributed by atoms with Gasteiger partial charge in [0.05, 0.1) is 0 Å². The number of hydrogen-bond donors (Lipinski definition) is 0. The molecule has 1 aliphatic rings. The van der Waals surface area contributed by atoms with Gasteiger partial charge in [-0.3, -0.25) is 0 Å². The van der Waals surface area contributed by atoms with Gasteiger partial charge in [0.25, 0.3) is 0 Å². The summed E-state index contributed by atoms with van der Waals surface area (Å²) in [4.78, 5) is 0. The monoisotopic (exact) mass is 546 g/mol. The summed E-state index contributed by atoms with van der Waals surface area (Å²) >= 11 is 0. The van der Waals surface area contributed by atoms with Crippen LogP contribution in [0.25, 0.3) is 76.8 Å². The van der Waals surface area contributed by atoms with Crippen molar-refractivity contribution in [3.05, 3.63) is 158 Å². The number of hydrogen-bond acceptors (Lipinski definition) is 1. The molecule has 0 aliphatic carbocycles. The van der Waals surface area contributed by atoms with Gasteiger partial charge in [-0.15, -0.1) is 0 Å². The number of ether oxygens (including phenoxy) is 1. The molecule has 200 valence electrons. The lowest BCUT2D eigenvalue weighted by Gasteiger charge is -2.20. The standard InChI is InChI=1S/C42H26O/c1-2-13-28-26-29(25-24-27(28)12-1)40-33-17-5-7-19-35(33)41(36-20-8-6-18-34(36)40)38-22-11-21-37-31-15-4-3-14-30(31)32-16-9-10-23-39(32)43-42(37)38/h1-26H. The van der Waals surface area contributed by atoms with E-state index in [1.807, 2.05) is 0 Å². The first kappa shape index (κ1) is 24.0. The van der Waals surface area contributed by atoms with Gasteiger partial charge in [0, 0.05) is 22.3 Å². The van der Waals surface area contributed by atoms with E-state index in [-0.39, 0.29) is 0 Å². The highest BCUT2D eigenvalue weighted by molar-refractivity contribution is 6.22. The van der Waals surface area contributed by atoms with Crippen molar-refractivity contribution in [3.8, 4) is 56.0 Å². The van der Waals surface area contributed by atoms with Crippen LogP contribution in [0.1, 0.15) is 0 Å². The largest absolute Gasteiger partial charge is 0.455 e. The fourth-order valence-corrected chi connectivity index (χ4v) is 6.97. The second-order valence-corrected chi connectivity index (χ2v) is 11.2. The van der Waals surface area contributed by atoms with Crippen molar-refractivity contribution < 1.29 is 4.74 Å². The third-order valence-corrected chi connectivity index (χ3v) is 8.86. The summed E-state index contributed by atoms with van der Waals surface area (Å²) in [7, 11) is 0. The summed E-state index contributed by atoms with van der Waals surface area (Å²) in [5, 5.41) is 7.40. The van der Waals surface area contributed by atoms with Crippen molar-refractivity contribution >= 4 is 32.3 Å². The summed E-state index contributed by atoms with van der Waals surface area (Å²) in [5.41, 5.74) is 9.38. The Balaban J connectivity index is 1.39. The molecule has 1 heterocycles. The van der Waals surface area contributed by atoms with Gasteiger partial charge in [-0.05, 0) is 66.7 Å². The van der Waals surface area contributed by atoms with Crippen molar-refractivity contribution in [2.45, 2.75) is 0 Å². The lowest BCUT2D eigenvalue weighted by atomic mass is 9.84. The van der Waals surface area contributed by atoms with Crippen LogP contribution >= 0.6 is 0 Å². The van der Waals surface area contributed by atoms with E-state index in [1.165, 1.54) is 60.1 Å². The first-order valence-electron chi connectivity index (χ1n) is 14.8. The van der Waals surface area contributed by atoms with Crippen LogP contribution in [0, 0.1) is 0 Å². The molecule has 0 unspecified atom stereocenters. The average molecular weight is 547 g/mol. The van der Waals surface area contributed by atoms with Crippen LogP contribution in [0.2, 0.25) is 0 Å². The maximum Gasteiger partial charge on any atom is 0.143 e. The Morgan fingerprint density at radius 3 is 1.56 bits per heavy atom. The zero-order chi connectivity index (χ0) is 28.3. The van der Waals surface area contributed by atoms with Gasteiger partial charge < -0.3 is 4.74 Å². The number of benzene rings is 8. The van der Waals surface area contributed by atoms with E-state index in [9.17, 15) is 0 Å². The smallest absolute Gasteiger partial charge is 0.143 e. The Hall–Kier alpha value is -5.66. The van der Waals surface area contributed by atoms with Crippen LogP contribution in [0.5, 0.6) is 11.5 Å². The predicted octanol–water partition coefficient (Wildman–Crippen LogP) is 11.9. The van der Waals surface area contributed by atoms with Gasteiger partial charge in [0.2, 0.25) is 0 Å². The molecule has 0 saturated heterocycles. The Kier molecular flexibility index (Phi) is 5.27. The van der Waals surface area contributed by atoms with Crippen LogP contribution in [-0.4, -0.2) is 0 Å². The van der Waals surface area contributed by atoms with E-state index in [1.54, 1.807) is 0 Å². The Labute approximate surface area is 250 Å². The zero-order valence-corrected chi connectivity index (χ0v) is 23.4. The Morgan fingerprint density at radius 2 is 0.837 bits per heavy atom. The minimum absolute atomic E-state index is 0.877. The molecule has 9 rings (SSSR count). The highest BCUT2D eigenvalue weighted by Crippen LogP contribution is 2.53. The zero-order valence-electron chi connectivity index (χ0n) is 23.4. The van der Waals surface area contributed by atoms with Crippen molar-refractivity contribution in [1.82, 2.24) is 0 Å². The third-order valence-electron chi connectivity index (χ3n) is 8.86. The van der Waals surface area contributed by atoms with Gasteiger partial charge in [-0.25, -0.2) is 0 Å². The van der Waals surface area contributed by atoms with E-state index in [0.29, 0.717) is 0 Å². The molecule has 0 fully saturated rings. The molecule has 0 bridgehead atoms. The minimum atomic E-state index is 0.877. The first-order chi connectivity index (χ1) is 21.3. The Bertz CT molecular complexity index is 2320. The lowest BCUT2D eigenvalue weighted by Crippen LogP contribution is -1.94. The molecular weight excluding hydrogens is 520 g/mol. The molecule has 0 aromatic heterocycles. The molecule has 0 saturated carbocycles. The molecule has 1 aliphatic heterocycles. The topological polar surface area (TPSA) is 9.23 Å². The second kappa shape index (κ2) is 9.44. The van der Waals surface area contributed by atoms with Crippen molar-refractivity contribution in [2.24, 2.45) is 0 Å². The molecule has 0 N–H and O–H groups in total. The van der Waals surface area contributed by atoms with Crippen LogP contribution in [-0.2, 0) is 0 Å². The van der Waals surface area contributed by atoms with Gasteiger partial charge in [-0.2, -0.15) is 0 Å². The third kappa shape index (κ3) is 3.65. The molecule has 0 atom stereocenters. The molecule has 8 aromatic carbocycles. The minimum Gasteiger partial charge on any atom is -0.455 e. The van der Waals surface area contributed by atoms with Crippen LogP contribution in [0.3, 0.4) is 0 Å². The Morgan fingerprint density at radius 1 is 0.326 bits per heavy atom. The summed E-state index contributed by atoms with van der Waals surface area (Å²) in [6.07, 6.45) is 0. The molecule has 43 heavy (non-hydrogen) atoms. The fraction of sp³-hybridized carbons (Fsp3) is 0. The fourth-order valence-electron chi connectivity index (χ4n) is 6.97. The van der Waals surface area contributed by atoms with E-state index in [4.69, 9.17) is 4.74 Å². The lowest BCUT2D eigenvalue weighted by molar-refractivity contribution is 0.489. The number of para-hydroxylation sites is 2. The number of fused-ring (bicyclic) bond motifs is 8. The highest BCUT2D eigenvalue weighted by atomic mass is 16.5. The maximum atomic E-state index is 6.93. The summed E-state index contributed by atoms with van der Waals surface area (Å²) < 4.78 is 6.93. The van der Waals surface area contributed by atoms with E-state index >= 15 is 0 Å². The van der Waals surface area contributed by atoms with Gasteiger partial charge in [0.15, 0.2) is 0 Å². The van der Waals surface area contributed by atoms with Gasteiger partial charge in [-0.1, -0.05) is 146 Å². The number of rotatable bonds is 2. The van der Waals surface area contributed by atoms with Crippen LogP contribution in [0.15, 0.2) is 158 Å². The quantitative estimate of drug-likeness (QED) is 0.196. The molecule has 1 heteroatoms. The van der Waals surface area contributed by atoms with Crippen molar-refractivity contribution in [2.75, 3.05) is 0 Å². The molecule has 1 nitrogen and oxygen atoms in total. The highest BCUT2D eigenvalue weighted by Gasteiger charge is 2.25. The SMILES string of the molecule is c1ccc2c(c1)Oc1c(cccc1-c1c3ccccc3c(-c3ccc4ccccc4c3)c3ccccc13)-c1ccccc1-2. The maximum absolute atomic E-state index is 6.93. The van der Waals surface area contributed by atoms with Crippen LogP contribution < -0.4 is 4.74 Å². The average Bonchev–Trinajstić information content (AvgIpc) is 3.22. The molecule has 0 amide bonds. The van der Waals surface area contributed by atoms with Crippen molar-refractivity contribution in [1.29, 1.82) is 0 Å². The summed E-state index contributed by atoms with van der Waals surface area (Å²) in [5.74, 6) is 1.77. The molecule has 0 radical (unpaired) electrons. The molecule has 0 spiro atoms. The summed E-state index contributed by atoms with van der Waals surface area (Å²) in [6.45, 7) is 0. The van der Waals surface area contributed by atoms with E-state index in [0.717, 1.165) is 28.2 Å². The van der Waals surface area contributed by atoms with Gasteiger partial charge >= 0.3 is 0 Å². The predicted molar refractivity (Wildman–Crippen MR) is 181 cm³/mol. The molecule has 8 aromatic rings. The van der Waals surface area contributed by atoms with Gasteiger partial charge in [0.1, 0.15) is 11.5 Å². The van der Waals surface area contributed by atoms with Crippen LogP contribution in [0.4, 0.5) is 0 Å². The van der Waals surface area contributed by atoms with Crippen molar-refractivity contribution in [3.63, 3.8) is 0 Å². The van der Waals surface area contributed by atoms with E-state index < -0.39 is 0 Å².